The average molecular weight is 589 g/mol. The molecule has 9 aromatic rings. The smallest absolute Gasteiger partial charge is 0.164 e. The molecule has 1 aliphatic heterocycles. The highest BCUT2D eigenvalue weighted by atomic mass is 16.5. The molecule has 0 saturated heterocycles. The zero-order valence-electron chi connectivity index (χ0n) is 24.6. The van der Waals surface area contributed by atoms with Crippen LogP contribution in [-0.4, -0.2) is 19.5 Å². The minimum atomic E-state index is 0.632. The van der Waals surface area contributed by atoms with Crippen molar-refractivity contribution in [3.63, 3.8) is 0 Å². The van der Waals surface area contributed by atoms with E-state index in [-0.39, 0.29) is 0 Å². The Labute approximate surface area is 264 Å². The lowest BCUT2D eigenvalue weighted by atomic mass is 10.0. The first-order valence-corrected chi connectivity index (χ1v) is 15.4. The van der Waals surface area contributed by atoms with Crippen LogP contribution < -0.4 is 4.74 Å². The molecule has 0 radical (unpaired) electrons. The third kappa shape index (κ3) is 3.66. The number of aromatic nitrogens is 4. The summed E-state index contributed by atoms with van der Waals surface area (Å²) in [5.74, 6) is 3.69. The lowest BCUT2D eigenvalue weighted by molar-refractivity contribution is 0.493. The Morgan fingerprint density at radius 2 is 1.04 bits per heavy atom. The summed E-state index contributed by atoms with van der Waals surface area (Å²) in [6.45, 7) is 0. The molecule has 0 aliphatic carbocycles. The molecule has 0 N–H and O–H groups in total. The van der Waals surface area contributed by atoms with Gasteiger partial charge in [-0.3, -0.25) is 0 Å². The van der Waals surface area contributed by atoms with Crippen molar-refractivity contribution in [1.82, 2.24) is 19.5 Å². The van der Waals surface area contributed by atoms with Crippen molar-refractivity contribution in [3.05, 3.63) is 146 Å². The molecule has 2 aromatic heterocycles. The summed E-state index contributed by atoms with van der Waals surface area (Å²) in [7, 11) is 0. The van der Waals surface area contributed by atoms with Crippen molar-refractivity contribution in [2.45, 2.75) is 0 Å². The van der Waals surface area contributed by atoms with Gasteiger partial charge in [-0.05, 0) is 52.6 Å². The molecule has 0 spiro atoms. The van der Waals surface area contributed by atoms with Crippen molar-refractivity contribution in [1.29, 1.82) is 0 Å². The molecule has 10 rings (SSSR count). The van der Waals surface area contributed by atoms with Crippen LogP contribution in [0.25, 0.3) is 83.2 Å². The SMILES string of the molecule is c1ccc(-c2nc(-c3ccccc3)nc(-c3cc(-n4c5cccc6c5c5c7c(cccc7ccc54)O6)cc4ccccc34)n2)cc1. The second kappa shape index (κ2) is 9.58. The fourth-order valence-electron chi connectivity index (χ4n) is 6.97. The summed E-state index contributed by atoms with van der Waals surface area (Å²) in [5, 5.41) is 6.87. The molecular formula is C41H24N4O. The van der Waals surface area contributed by atoms with Gasteiger partial charge in [-0.25, -0.2) is 15.0 Å². The average Bonchev–Trinajstić information content (AvgIpc) is 3.47. The van der Waals surface area contributed by atoms with Crippen LogP contribution in [0, 0.1) is 0 Å². The standard InChI is InChI=1S/C41H24N4O/c1-3-11-26(12-4-1)39-42-40(27-13-5-2-6-14-27)44-41(43-39)31-24-29(23-28-15-7-8-17-30(28)31)45-32-18-10-20-35-37(32)38-33(45)22-21-25-16-9-19-34(46-35)36(25)38/h1-24H. The molecule has 0 bridgehead atoms. The van der Waals surface area contributed by atoms with Gasteiger partial charge in [0.1, 0.15) is 11.5 Å². The molecule has 0 unspecified atom stereocenters. The molecular weight excluding hydrogens is 564 g/mol. The van der Waals surface area contributed by atoms with Crippen molar-refractivity contribution in [2.75, 3.05) is 0 Å². The molecule has 1 aliphatic rings. The predicted molar refractivity (Wildman–Crippen MR) is 186 cm³/mol. The van der Waals surface area contributed by atoms with Crippen molar-refractivity contribution in [2.24, 2.45) is 0 Å². The molecule has 3 heterocycles. The summed E-state index contributed by atoms with van der Waals surface area (Å²) in [4.78, 5) is 15.2. The lowest BCUT2D eigenvalue weighted by Gasteiger charge is -2.15. The van der Waals surface area contributed by atoms with E-state index in [0.717, 1.165) is 66.5 Å². The van der Waals surface area contributed by atoms with E-state index in [2.05, 4.69) is 89.5 Å². The van der Waals surface area contributed by atoms with Gasteiger partial charge in [-0.15, -0.1) is 0 Å². The lowest BCUT2D eigenvalue weighted by Crippen LogP contribution is -2.02. The van der Waals surface area contributed by atoms with Gasteiger partial charge in [0.15, 0.2) is 17.5 Å². The van der Waals surface area contributed by atoms with Crippen molar-refractivity contribution >= 4 is 43.4 Å². The van der Waals surface area contributed by atoms with E-state index in [1.807, 2.05) is 60.7 Å². The van der Waals surface area contributed by atoms with Crippen LogP contribution in [0.4, 0.5) is 0 Å². The van der Waals surface area contributed by atoms with Gasteiger partial charge in [0, 0.05) is 33.2 Å². The van der Waals surface area contributed by atoms with Crippen LogP contribution in [-0.2, 0) is 0 Å². The summed E-state index contributed by atoms with van der Waals surface area (Å²) < 4.78 is 8.82. The third-order valence-electron chi connectivity index (χ3n) is 8.99. The fraction of sp³-hybridized carbons (Fsp3) is 0. The zero-order valence-corrected chi connectivity index (χ0v) is 24.6. The Bertz CT molecular complexity index is 2600. The first-order chi connectivity index (χ1) is 22.8. The number of rotatable bonds is 4. The summed E-state index contributed by atoms with van der Waals surface area (Å²) in [6, 6.07) is 50.2. The van der Waals surface area contributed by atoms with Gasteiger partial charge >= 0.3 is 0 Å². The number of hydrogen-bond acceptors (Lipinski definition) is 4. The van der Waals surface area contributed by atoms with Crippen LogP contribution in [0.3, 0.4) is 0 Å². The molecule has 0 saturated carbocycles. The number of hydrogen-bond donors (Lipinski definition) is 0. The van der Waals surface area contributed by atoms with Gasteiger partial charge in [0.2, 0.25) is 0 Å². The molecule has 5 nitrogen and oxygen atoms in total. The van der Waals surface area contributed by atoms with E-state index in [1.54, 1.807) is 0 Å². The maximum Gasteiger partial charge on any atom is 0.164 e. The van der Waals surface area contributed by atoms with E-state index in [1.165, 1.54) is 10.8 Å². The van der Waals surface area contributed by atoms with Gasteiger partial charge in [0.25, 0.3) is 0 Å². The Hall–Kier alpha value is -6.33. The van der Waals surface area contributed by atoms with Crippen LogP contribution in [0.5, 0.6) is 11.5 Å². The highest BCUT2D eigenvalue weighted by Gasteiger charge is 2.25. The molecule has 214 valence electrons. The van der Waals surface area contributed by atoms with Gasteiger partial charge < -0.3 is 9.30 Å². The number of nitrogens with zero attached hydrogens (tertiary/aromatic N) is 4. The number of benzene rings is 7. The molecule has 5 heteroatoms. The van der Waals surface area contributed by atoms with E-state index >= 15 is 0 Å². The summed E-state index contributed by atoms with van der Waals surface area (Å²) in [5.41, 5.74) is 6.11. The first kappa shape index (κ1) is 25.0. The van der Waals surface area contributed by atoms with Gasteiger partial charge in [-0.2, -0.15) is 0 Å². The normalized spacial score (nSPS) is 12.1. The summed E-state index contributed by atoms with van der Waals surface area (Å²) >= 11 is 0. The second-order valence-electron chi connectivity index (χ2n) is 11.7. The van der Waals surface area contributed by atoms with E-state index in [4.69, 9.17) is 19.7 Å². The van der Waals surface area contributed by atoms with Crippen LogP contribution in [0.15, 0.2) is 146 Å². The molecule has 0 amide bonds. The summed E-state index contributed by atoms with van der Waals surface area (Å²) in [6.07, 6.45) is 0. The minimum absolute atomic E-state index is 0.632. The molecule has 0 atom stereocenters. The second-order valence-corrected chi connectivity index (χ2v) is 11.7. The van der Waals surface area contributed by atoms with Crippen LogP contribution in [0.1, 0.15) is 0 Å². The third-order valence-corrected chi connectivity index (χ3v) is 8.99. The largest absolute Gasteiger partial charge is 0.456 e. The first-order valence-electron chi connectivity index (χ1n) is 15.4. The molecule has 46 heavy (non-hydrogen) atoms. The van der Waals surface area contributed by atoms with Crippen molar-refractivity contribution < 1.29 is 4.74 Å². The fourth-order valence-corrected chi connectivity index (χ4v) is 6.97. The predicted octanol–water partition coefficient (Wildman–Crippen LogP) is 10.4. The van der Waals surface area contributed by atoms with E-state index in [0.29, 0.717) is 17.5 Å². The van der Waals surface area contributed by atoms with E-state index in [9.17, 15) is 0 Å². The highest BCUT2D eigenvalue weighted by molar-refractivity contribution is 6.26. The molecule has 7 aromatic carbocycles. The Kier molecular flexibility index (Phi) is 5.22. The Morgan fingerprint density at radius 3 is 1.80 bits per heavy atom. The van der Waals surface area contributed by atoms with Gasteiger partial charge in [-0.1, -0.05) is 109 Å². The maximum absolute atomic E-state index is 6.47. The van der Waals surface area contributed by atoms with Crippen LogP contribution in [0.2, 0.25) is 0 Å². The maximum atomic E-state index is 6.47. The minimum Gasteiger partial charge on any atom is -0.456 e. The van der Waals surface area contributed by atoms with Crippen LogP contribution >= 0.6 is 0 Å². The van der Waals surface area contributed by atoms with Crippen molar-refractivity contribution in [3.8, 4) is 51.3 Å². The highest BCUT2D eigenvalue weighted by Crippen LogP contribution is 2.49. The Balaban J connectivity index is 1.29. The zero-order chi connectivity index (χ0) is 30.2. The van der Waals surface area contributed by atoms with Gasteiger partial charge in [0.05, 0.1) is 16.4 Å². The monoisotopic (exact) mass is 588 g/mol. The number of fused-ring (bicyclic) bond motifs is 1. The Morgan fingerprint density at radius 1 is 0.435 bits per heavy atom. The molecule has 0 fully saturated rings. The van der Waals surface area contributed by atoms with E-state index < -0.39 is 0 Å². The topological polar surface area (TPSA) is 52.8 Å². The quantitative estimate of drug-likeness (QED) is 0.205. The number of ether oxygens (including phenoxy) is 1.